The third-order valence-electron chi connectivity index (χ3n) is 4.67. The zero-order valence-corrected chi connectivity index (χ0v) is 15.0. The summed E-state index contributed by atoms with van der Waals surface area (Å²) in [5.74, 6) is 1.22. The fraction of sp³-hybridized carbons (Fsp3) is 0.0455. The first-order chi connectivity index (χ1) is 13.7. The second-order valence-electron chi connectivity index (χ2n) is 6.36. The lowest BCUT2D eigenvalue weighted by atomic mass is 10.1. The quantitative estimate of drug-likeness (QED) is 0.477. The SMILES string of the molecule is COc1ccc2c(=O)n(-c3ccc4oc(-c5cccnc5)nc4c3)ccc2c1. The number of hydrogen-bond acceptors (Lipinski definition) is 5. The van der Waals surface area contributed by atoms with E-state index in [2.05, 4.69) is 9.97 Å². The van der Waals surface area contributed by atoms with E-state index >= 15 is 0 Å². The number of aromatic nitrogens is 3. The van der Waals surface area contributed by atoms with Crippen LogP contribution in [0, 0.1) is 0 Å². The molecule has 0 radical (unpaired) electrons. The zero-order valence-electron chi connectivity index (χ0n) is 15.0. The van der Waals surface area contributed by atoms with Crippen LogP contribution in [0.3, 0.4) is 0 Å². The fourth-order valence-electron chi connectivity index (χ4n) is 3.23. The first-order valence-corrected chi connectivity index (χ1v) is 8.74. The second kappa shape index (κ2) is 6.35. The average molecular weight is 369 g/mol. The predicted molar refractivity (Wildman–Crippen MR) is 107 cm³/mol. The van der Waals surface area contributed by atoms with Crippen molar-refractivity contribution in [2.45, 2.75) is 0 Å². The molecule has 3 heterocycles. The van der Waals surface area contributed by atoms with E-state index in [4.69, 9.17) is 9.15 Å². The highest BCUT2D eigenvalue weighted by atomic mass is 16.5. The molecule has 136 valence electrons. The molecule has 0 saturated heterocycles. The van der Waals surface area contributed by atoms with Crippen LogP contribution in [-0.2, 0) is 0 Å². The number of ether oxygens (including phenoxy) is 1. The van der Waals surface area contributed by atoms with E-state index < -0.39 is 0 Å². The van der Waals surface area contributed by atoms with Gasteiger partial charge >= 0.3 is 0 Å². The minimum atomic E-state index is -0.101. The summed E-state index contributed by atoms with van der Waals surface area (Å²) in [4.78, 5) is 21.6. The van der Waals surface area contributed by atoms with Crippen LogP contribution in [0.2, 0.25) is 0 Å². The van der Waals surface area contributed by atoms with Gasteiger partial charge in [-0.15, -0.1) is 0 Å². The van der Waals surface area contributed by atoms with Gasteiger partial charge in [-0.25, -0.2) is 4.98 Å². The summed E-state index contributed by atoms with van der Waals surface area (Å²) >= 11 is 0. The Morgan fingerprint density at radius 2 is 2.00 bits per heavy atom. The lowest BCUT2D eigenvalue weighted by Crippen LogP contribution is -2.17. The molecule has 0 amide bonds. The van der Waals surface area contributed by atoms with Crippen molar-refractivity contribution in [3.63, 3.8) is 0 Å². The summed E-state index contributed by atoms with van der Waals surface area (Å²) in [5, 5.41) is 1.46. The van der Waals surface area contributed by atoms with Gasteiger partial charge in [-0.1, -0.05) is 0 Å². The Morgan fingerprint density at radius 1 is 1.07 bits per heavy atom. The van der Waals surface area contributed by atoms with E-state index in [9.17, 15) is 4.79 Å². The number of pyridine rings is 2. The highest BCUT2D eigenvalue weighted by Gasteiger charge is 2.11. The van der Waals surface area contributed by atoms with Gasteiger partial charge in [0.1, 0.15) is 11.3 Å². The van der Waals surface area contributed by atoms with Gasteiger partial charge in [0.15, 0.2) is 5.58 Å². The van der Waals surface area contributed by atoms with Gasteiger partial charge < -0.3 is 9.15 Å². The van der Waals surface area contributed by atoms with Crippen molar-refractivity contribution in [1.82, 2.24) is 14.5 Å². The summed E-state index contributed by atoms with van der Waals surface area (Å²) < 4.78 is 12.7. The smallest absolute Gasteiger partial charge is 0.262 e. The first-order valence-electron chi connectivity index (χ1n) is 8.74. The Balaban J connectivity index is 1.63. The highest BCUT2D eigenvalue weighted by molar-refractivity contribution is 5.84. The maximum absolute atomic E-state index is 13.0. The zero-order chi connectivity index (χ0) is 19.1. The molecular weight excluding hydrogens is 354 g/mol. The average Bonchev–Trinajstić information content (AvgIpc) is 3.18. The van der Waals surface area contributed by atoms with E-state index in [1.165, 1.54) is 0 Å². The Hall–Kier alpha value is -3.93. The molecule has 5 aromatic rings. The highest BCUT2D eigenvalue weighted by Crippen LogP contribution is 2.25. The summed E-state index contributed by atoms with van der Waals surface area (Å²) in [5.41, 5.74) is 2.76. The number of benzene rings is 2. The van der Waals surface area contributed by atoms with Crippen molar-refractivity contribution in [1.29, 1.82) is 0 Å². The molecule has 0 aliphatic rings. The maximum Gasteiger partial charge on any atom is 0.262 e. The summed E-state index contributed by atoms with van der Waals surface area (Å²) in [7, 11) is 1.61. The molecule has 3 aromatic heterocycles. The molecule has 6 heteroatoms. The molecule has 0 unspecified atom stereocenters. The van der Waals surface area contributed by atoms with Crippen LogP contribution in [0.4, 0.5) is 0 Å². The van der Waals surface area contributed by atoms with Gasteiger partial charge in [0.05, 0.1) is 18.4 Å². The second-order valence-corrected chi connectivity index (χ2v) is 6.36. The molecule has 0 aliphatic heterocycles. The van der Waals surface area contributed by atoms with E-state index in [1.54, 1.807) is 42.4 Å². The Labute approximate surface area is 159 Å². The lowest BCUT2D eigenvalue weighted by molar-refractivity contribution is 0.415. The molecule has 0 spiro atoms. The summed E-state index contributed by atoms with van der Waals surface area (Å²) in [6, 6.07) is 16.5. The largest absolute Gasteiger partial charge is 0.497 e. The van der Waals surface area contributed by atoms with Crippen LogP contribution in [0.1, 0.15) is 0 Å². The number of rotatable bonds is 3. The van der Waals surface area contributed by atoms with Crippen LogP contribution < -0.4 is 10.3 Å². The number of oxazole rings is 1. The molecule has 28 heavy (non-hydrogen) atoms. The topological polar surface area (TPSA) is 70.2 Å². The predicted octanol–water partition coefficient (Wildman–Crippen LogP) is 4.20. The van der Waals surface area contributed by atoms with Gasteiger partial charge in [0.2, 0.25) is 5.89 Å². The molecule has 2 aromatic carbocycles. The fourth-order valence-corrected chi connectivity index (χ4v) is 3.23. The monoisotopic (exact) mass is 369 g/mol. The minimum absolute atomic E-state index is 0.101. The van der Waals surface area contributed by atoms with Gasteiger partial charge in [-0.3, -0.25) is 14.3 Å². The normalized spacial score (nSPS) is 11.2. The van der Waals surface area contributed by atoms with Gasteiger partial charge in [0, 0.05) is 24.0 Å². The van der Waals surface area contributed by atoms with Crippen molar-refractivity contribution in [2.75, 3.05) is 7.11 Å². The molecular formula is C22H15N3O3. The van der Waals surface area contributed by atoms with Crippen LogP contribution in [0.5, 0.6) is 5.75 Å². The van der Waals surface area contributed by atoms with Crippen molar-refractivity contribution in [3.05, 3.63) is 83.5 Å². The molecule has 0 N–H and O–H groups in total. The van der Waals surface area contributed by atoms with Gasteiger partial charge in [-0.2, -0.15) is 0 Å². The van der Waals surface area contributed by atoms with Crippen molar-refractivity contribution in [2.24, 2.45) is 0 Å². The van der Waals surface area contributed by atoms with Crippen LogP contribution in [0.25, 0.3) is 39.0 Å². The maximum atomic E-state index is 13.0. The molecule has 6 nitrogen and oxygen atoms in total. The molecule has 0 aliphatic carbocycles. The lowest BCUT2D eigenvalue weighted by Gasteiger charge is -2.08. The van der Waals surface area contributed by atoms with E-state index in [0.717, 1.165) is 22.4 Å². The van der Waals surface area contributed by atoms with Crippen LogP contribution >= 0.6 is 0 Å². The number of nitrogens with zero attached hydrogens (tertiary/aromatic N) is 3. The minimum Gasteiger partial charge on any atom is -0.497 e. The number of methoxy groups -OCH3 is 1. The van der Waals surface area contributed by atoms with Crippen LogP contribution in [0.15, 0.2) is 82.4 Å². The van der Waals surface area contributed by atoms with Gasteiger partial charge in [0.25, 0.3) is 5.56 Å². The third-order valence-corrected chi connectivity index (χ3v) is 4.67. The Bertz CT molecular complexity index is 1370. The Morgan fingerprint density at radius 3 is 2.82 bits per heavy atom. The van der Waals surface area contributed by atoms with E-state index in [0.29, 0.717) is 22.4 Å². The molecule has 0 bridgehead atoms. The molecule has 5 rings (SSSR count). The summed E-state index contributed by atoms with van der Waals surface area (Å²) in [6.45, 7) is 0. The molecule has 0 fully saturated rings. The third kappa shape index (κ3) is 2.63. The first kappa shape index (κ1) is 16.3. The van der Waals surface area contributed by atoms with Crippen LogP contribution in [-0.4, -0.2) is 21.6 Å². The standard InChI is InChI=1S/C22H15N3O3/c1-27-17-5-6-18-14(11-17)8-10-25(22(18)26)16-4-7-20-19(12-16)24-21(28-20)15-3-2-9-23-13-15/h2-13H,1H3. The number of fused-ring (bicyclic) bond motifs is 2. The van der Waals surface area contributed by atoms with Gasteiger partial charge in [-0.05, 0) is 60.0 Å². The van der Waals surface area contributed by atoms with Crippen molar-refractivity contribution in [3.8, 4) is 22.9 Å². The van der Waals surface area contributed by atoms with Crippen molar-refractivity contribution < 1.29 is 9.15 Å². The van der Waals surface area contributed by atoms with E-state index in [-0.39, 0.29) is 5.56 Å². The summed E-state index contributed by atoms with van der Waals surface area (Å²) in [6.07, 6.45) is 5.16. The van der Waals surface area contributed by atoms with Crippen molar-refractivity contribution >= 4 is 21.9 Å². The number of hydrogen-bond donors (Lipinski definition) is 0. The Kier molecular flexibility index (Phi) is 3.69. The molecule has 0 atom stereocenters. The molecule has 0 saturated carbocycles. The van der Waals surface area contributed by atoms with E-state index in [1.807, 2.05) is 42.5 Å².